The molecule has 1 heterocycles. The van der Waals surface area contributed by atoms with Crippen molar-refractivity contribution in [3.05, 3.63) is 69.9 Å². The highest BCUT2D eigenvalue weighted by molar-refractivity contribution is 5.93. The number of benzene rings is 2. The van der Waals surface area contributed by atoms with Crippen molar-refractivity contribution in [3.8, 4) is 22.8 Å². The first-order valence-corrected chi connectivity index (χ1v) is 8.26. The minimum Gasteiger partial charge on any atom is -0.476 e. The van der Waals surface area contributed by atoms with E-state index >= 15 is 0 Å². The Morgan fingerprint density at radius 3 is 2.07 bits per heavy atom. The first-order valence-electron chi connectivity index (χ1n) is 8.26. The number of hydrogen-bond acceptors (Lipinski definition) is 5. The predicted molar refractivity (Wildman–Crippen MR) is 99.7 cm³/mol. The summed E-state index contributed by atoms with van der Waals surface area (Å²) in [5.74, 6) is -0.988. The molecule has 1 N–H and O–H groups in total. The molecular weight excluding hydrogens is 348 g/mol. The summed E-state index contributed by atoms with van der Waals surface area (Å²) in [5.41, 5.74) is 1.85. The van der Waals surface area contributed by atoms with Crippen molar-refractivity contribution in [1.29, 1.82) is 0 Å². The molecule has 0 saturated heterocycles. The average Bonchev–Trinajstić information content (AvgIpc) is 3.07. The number of aromatic carboxylic acids is 1. The van der Waals surface area contributed by atoms with Gasteiger partial charge in [0.05, 0.1) is 4.92 Å². The number of rotatable bonds is 4. The number of hydrogen-bond donors (Lipinski definition) is 1. The van der Waals surface area contributed by atoms with Gasteiger partial charge in [-0.25, -0.2) is 9.78 Å². The van der Waals surface area contributed by atoms with Crippen LogP contribution in [0.15, 0.2) is 52.9 Å². The van der Waals surface area contributed by atoms with Crippen LogP contribution in [0.25, 0.3) is 22.8 Å². The number of carboxylic acids is 1. The highest BCUT2D eigenvalue weighted by atomic mass is 16.6. The smallest absolute Gasteiger partial charge is 0.358 e. The molecule has 0 aliphatic rings. The van der Waals surface area contributed by atoms with Crippen molar-refractivity contribution < 1.29 is 19.2 Å². The Hall–Kier alpha value is -3.48. The maximum atomic E-state index is 11.6. The second-order valence-corrected chi connectivity index (χ2v) is 7.13. The van der Waals surface area contributed by atoms with Crippen LogP contribution >= 0.6 is 0 Å². The summed E-state index contributed by atoms with van der Waals surface area (Å²) < 4.78 is 5.71. The molecule has 2 aromatic carbocycles. The molecule has 7 heteroatoms. The fourth-order valence-corrected chi connectivity index (χ4v) is 2.63. The molecule has 0 atom stereocenters. The van der Waals surface area contributed by atoms with E-state index in [9.17, 15) is 20.0 Å². The van der Waals surface area contributed by atoms with Crippen molar-refractivity contribution in [3.63, 3.8) is 0 Å². The summed E-state index contributed by atoms with van der Waals surface area (Å²) in [4.78, 5) is 25.9. The van der Waals surface area contributed by atoms with Crippen LogP contribution in [-0.2, 0) is 5.41 Å². The second kappa shape index (κ2) is 6.68. The summed E-state index contributed by atoms with van der Waals surface area (Å²) >= 11 is 0. The van der Waals surface area contributed by atoms with E-state index in [0.29, 0.717) is 11.1 Å². The van der Waals surface area contributed by atoms with E-state index in [1.807, 2.05) is 24.3 Å². The molecule has 0 aliphatic carbocycles. The minimum absolute atomic E-state index is 0.00867. The van der Waals surface area contributed by atoms with Gasteiger partial charge in [0.25, 0.3) is 5.69 Å². The van der Waals surface area contributed by atoms with E-state index in [0.717, 1.165) is 5.56 Å². The van der Waals surface area contributed by atoms with Gasteiger partial charge in [0.2, 0.25) is 5.89 Å². The Morgan fingerprint density at radius 1 is 1.04 bits per heavy atom. The van der Waals surface area contributed by atoms with Gasteiger partial charge in [-0.15, -0.1) is 0 Å². The number of oxazole rings is 1. The standard InChI is InChI=1S/C20H18N2O5/c1-20(2,3)14-8-4-13(5-9-14)18-21-16(19(23)24)17(27-18)12-6-10-15(11-7-12)22(25)26/h4-11H,1-3H3,(H,23,24). The lowest BCUT2D eigenvalue weighted by molar-refractivity contribution is -0.384. The number of non-ortho nitro benzene ring substituents is 1. The third-order valence-corrected chi connectivity index (χ3v) is 4.17. The van der Waals surface area contributed by atoms with Crippen LogP contribution < -0.4 is 0 Å². The molecule has 3 aromatic rings. The zero-order chi connectivity index (χ0) is 19.8. The van der Waals surface area contributed by atoms with Crippen LogP contribution in [0.5, 0.6) is 0 Å². The lowest BCUT2D eigenvalue weighted by Gasteiger charge is -2.18. The molecule has 0 radical (unpaired) electrons. The number of carbonyl (C=O) groups is 1. The van der Waals surface area contributed by atoms with E-state index in [-0.39, 0.29) is 28.4 Å². The van der Waals surface area contributed by atoms with Gasteiger partial charge in [0, 0.05) is 23.3 Å². The van der Waals surface area contributed by atoms with Gasteiger partial charge < -0.3 is 9.52 Å². The monoisotopic (exact) mass is 366 g/mol. The van der Waals surface area contributed by atoms with Gasteiger partial charge in [-0.3, -0.25) is 10.1 Å². The van der Waals surface area contributed by atoms with Crippen molar-refractivity contribution in [2.75, 3.05) is 0 Å². The molecule has 0 saturated carbocycles. The van der Waals surface area contributed by atoms with Crippen LogP contribution in [0.1, 0.15) is 36.8 Å². The van der Waals surface area contributed by atoms with Gasteiger partial charge in [0.1, 0.15) is 0 Å². The number of carboxylic acid groups (broad SMARTS) is 1. The fourth-order valence-electron chi connectivity index (χ4n) is 2.63. The maximum absolute atomic E-state index is 11.6. The SMILES string of the molecule is CC(C)(C)c1ccc(-c2nc(C(=O)O)c(-c3ccc([N+](=O)[O-])cc3)o2)cc1. The van der Waals surface area contributed by atoms with Crippen molar-refractivity contribution in [2.24, 2.45) is 0 Å². The second-order valence-electron chi connectivity index (χ2n) is 7.13. The Morgan fingerprint density at radius 2 is 1.59 bits per heavy atom. The Bertz CT molecular complexity index is 996. The zero-order valence-electron chi connectivity index (χ0n) is 15.1. The molecule has 27 heavy (non-hydrogen) atoms. The van der Waals surface area contributed by atoms with Crippen LogP contribution in [0.2, 0.25) is 0 Å². The number of nitro benzene ring substituents is 1. The molecule has 0 bridgehead atoms. The van der Waals surface area contributed by atoms with E-state index < -0.39 is 10.9 Å². The zero-order valence-corrected chi connectivity index (χ0v) is 15.1. The van der Waals surface area contributed by atoms with E-state index in [4.69, 9.17) is 4.42 Å². The Labute approximate surface area is 155 Å². The Balaban J connectivity index is 2.03. The van der Waals surface area contributed by atoms with Crippen LogP contribution in [0, 0.1) is 10.1 Å². The molecule has 0 fully saturated rings. The predicted octanol–water partition coefficient (Wildman–Crippen LogP) is 4.91. The summed E-state index contributed by atoms with van der Waals surface area (Å²) in [6, 6.07) is 13.0. The number of nitrogens with zero attached hydrogens (tertiary/aromatic N) is 2. The quantitative estimate of drug-likeness (QED) is 0.519. The average molecular weight is 366 g/mol. The van der Waals surface area contributed by atoms with Gasteiger partial charge in [0.15, 0.2) is 11.5 Å². The molecular formula is C20H18N2O5. The van der Waals surface area contributed by atoms with E-state index in [2.05, 4.69) is 25.8 Å². The molecule has 0 amide bonds. The van der Waals surface area contributed by atoms with E-state index in [1.54, 1.807) is 0 Å². The molecule has 0 unspecified atom stereocenters. The largest absolute Gasteiger partial charge is 0.476 e. The summed E-state index contributed by atoms with van der Waals surface area (Å²) in [5, 5.41) is 20.2. The molecule has 0 spiro atoms. The molecule has 7 nitrogen and oxygen atoms in total. The summed E-state index contributed by atoms with van der Waals surface area (Å²) in [7, 11) is 0. The van der Waals surface area contributed by atoms with Crippen molar-refractivity contribution in [2.45, 2.75) is 26.2 Å². The number of nitro groups is 1. The third kappa shape index (κ3) is 3.72. The first kappa shape index (κ1) is 18.3. The van der Waals surface area contributed by atoms with Crippen LogP contribution in [-0.4, -0.2) is 21.0 Å². The van der Waals surface area contributed by atoms with Crippen LogP contribution in [0.3, 0.4) is 0 Å². The lowest BCUT2D eigenvalue weighted by Crippen LogP contribution is -2.10. The minimum atomic E-state index is -1.23. The third-order valence-electron chi connectivity index (χ3n) is 4.17. The van der Waals surface area contributed by atoms with Gasteiger partial charge in [-0.05, 0) is 35.2 Å². The number of aromatic nitrogens is 1. The van der Waals surface area contributed by atoms with Gasteiger partial charge in [-0.2, -0.15) is 0 Å². The highest BCUT2D eigenvalue weighted by Crippen LogP contribution is 2.32. The van der Waals surface area contributed by atoms with Crippen molar-refractivity contribution in [1.82, 2.24) is 4.98 Å². The highest BCUT2D eigenvalue weighted by Gasteiger charge is 2.22. The summed E-state index contributed by atoms with van der Waals surface area (Å²) in [6.45, 7) is 6.30. The maximum Gasteiger partial charge on any atom is 0.358 e. The molecule has 1 aromatic heterocycles. The normalized spacial score (nSPS) is 11.4. The van der Waals surface area contributed by atoms with Gasteiger partial charge in [-0.1, -0.05) is 32.9 Å². The lowest BCUT2D eigenvalue weighted by atomic mass is 9.87. The summed E-state index contributed by atoms with van der Waals surface area (Å²) in [6.07, 6.45) is 0. The van der Waals surface area contributed by atoms with E-state index in [1.165, 1.54) is 24.3 Å². The Kier molecular flexibility index (Phi) is 4.53. The topological polar surface area (TPSA) is 106 Å². The van der Waals surface area contributed by atoms with Crippen LogP contribution in [0.4, 0.5) is 5.69 Å². The van der Waals surface area contributed by atoms with Gasteiger partial charge >= 0.3 is 5.97 Å². The molecule has 3 rings (SSSR count). The molecule has 138 valence electrons. The first-order chi connectivity index (χ1) is 12.7. The van der Waals surface area contributed by atoms with Crippen molar-refractivity contribution >= 4 is 11.7 Å². The fraction of sp³-hybridized carbons (Fsp3) is 0.200. The molecule has 0 aliphatic heterocycles.